The maximum absolute atomic E-state index is 13.2. The van der Waals surface area contributed by atoms with Gasteiger partial charge in [-0.3, -0.25) is 4.79 Å². The number of hydrogen-bond acceptors (Lipinski definition) is 3. The van der Waals surface area contributed by atoms with Crippen molar-refractivity contribution >= 4 is 11.7 Å². The minimum atomic E-state index is -4.33. The van der Waals surface area contributed by atoms with Gasteiger partial charge in [0.25, 0.3) is 0 Å². The largest absolute Gasteiger partial charge is 0.489 e. The Morgan fingerprint density at radius 2 is 1.76 bits per heavy atom. The SMILES string of the molecule is Cc1cccc(C)c1COc1ccc(N2CC(C(F)(F)F)CC2CC(=O)O)cc1. The number of carboxylic acids is 1. The van der Waals surface area contributed by atoms with Crippen LogP contribution in [-0.4, -0.2) is 29.8 Å². The van der Waals surface area contributed by atoms with Crippen molar-refractivity contribution < 1.29 is 27.8 Å². The Labute approximate surface area is 167 Å². The first-order chi connectivity index (χ1) is 13.6. The van der Waals surface area contributed by atoms with Crippen molar-refractivity contribution in [1.82, 2.24) is 0 Å². The molecule has 0 aromatic heterocycles. The Bertz CT molecular complexity index is 844. The summed E-state index contributed by atoms with van der Waals surface area (Å²) in [7, 11) is 0. The molecule has 0 radical (unpaired) electrons. The number of halogens is 3. The average molecular weight is 407 g/mol. The van der Waals surface area contributed by atoms with E-state index < -0.39 is 24.1 Å². The second-order valence-electron chi connectivity index (χ2n) is 7.53. The van der Waals surface area contributed by atoms with E-state index in [1.54, 1.807) is 29.2 Å². The molecular weight excluding hydrogens is 383 g/mol. The van der Waals surface area contributed by atoms with Crippen molar-refractivity contribution in [2.24, 2.45) is 5.92 Å². The predicted octanol–water partition coefficient (Wildman–Crippen LogP) is 5.11. The van der Waals surface area contributed by atoms with Crippen LogP contribution in [0.25, 0.3) is 0 Å². The summed E-state index contributed by atoms with van der Waals surface area (Å²) in [6, 6.07) is 12.1. The minimum absolute atomic E-state index is 0.208. The lowest BCUT2D eigenvalue weighted by molar-refractivity contribution is -0.169. The number of ether oxygens (including phenoxy) is 1. The van der Waals surface area contributed by atoms with E-state index in [9.17, 15) is 18.0 Å². The van der Waals surface area contributed by atoms with E-state index in [0.717, 1.165) is 16.7 Å². The van der Waals surface area contributed by atoms with Gasteiger partial charge in [0.15, 0.2) is 0 Å². The molecule has 4 nitrogen and oxygen atoms in total. The number of nitrogens with zero attached hydrogens (tertiary/aromatic N) is 1. The molecule has 2 atom stereocenters. The Kier molecular flexibility index (Phi) is 6.05. The lowest BCUT2D eigenvalue weighted by Gasteiger charge is -2.26. The molecule has 1 saturated heterocycles. The Morgan fingerprint density at radius 1 is 1.14 bits per heavy atom. The fourth-order valence-corrected chi connectivity index (χ4v) is 3.83. The molecule has 2 aromatic rings. The van der Waals surface area contributed by atoms with E-state index in [-0.39, 0.29) is 19.4 Å². The molecule has 3 rings (SSSR count). The lowest BCUT2D eigenvalue weighted by atomic mass is 10.0. The lowest BCUT2D eigenvalue weighted by Crippen LogP contribution is -2.32. The molecule has 1 fully saturated rings. The minimum Gasteiger partial charge on any atom is -0.489 e. The van der Waals surface area contributed by atoms with Crippen LogP contribution in [0.1, 0.15) is 29.5 Å². The zero-order valence-corrected chi connectivity index (χ0v) is 16.4. The molecule has 0 amide bonds. The van der Waals surface area contributed by atoms with Crippen molar-refractivity contribution in [1.29, 1.82) is 0 Å². The van der Waals surface area contributed by atoms with Crippen LogP contribution in [0.15, 0.2) is 42.5 Å². The van der Waals surface area contributed by atoms with Gasteiger partial charge in [-0.05, 0) is 61.2 Å². The number of anilines is 1. The summed E-state index contributed by atoms with van der Waals surface area (Å²) >= 11 is 0. The second-order valence-corrected chi connectivity index (χ2v) is 7.53. The van der Waals surface area contributed by atoms with Crippen LogP contribution >= 0.6 is 0 Å². The third kappa shape index (κ3) is 5.02. The number of aliphatic carboxylic acids is 1. The van der Waals surface area contributed by atoms with Crippen molar-refractivity contribution in [3.8, 4) is 5.75 Å². The number of rotatable bonds is 6. The number of benzene rings is 2. The average Bonchev–Trinajstić information content (AvgIpc) is 3.05. The van der Waals surface area contributed by atoms with Crippen LogP contribution in [0.4, 0.5) is 18.9 Å². The standard InChI is InChI=1S/C22H24F3NO3/c1-14-4-3-5-15(2)20(14)13-29-19-8-6-17(7-9-19)26-12-16(22(23,24)25)10-18(26)11-21(27)28/h3-9,16,18H,10-13H2,1-2H3,(H,27,28). The Balaban J connectivity index is 1.71. The molecule has 2 unspecified atom stereocenters. The van der Waals surface area contributed by atoms with Crippen molar-refractivity contribution in [3.63, 3.8) is 0 Å². The highest BCUT2D eigenvalue weighted by Crippen LogP contribution is 2.40. The van der Waals surface area contributed by atoms with Gasteiger partial charge in [0.1, 0.15) is 12.4 Å². The molecule has 7 heteroatoms. The van der Waals surface area contributed by atoms with Gasteiger partial charge < -0.3 is 14.7 Å². The van der Waals surface area contributed by atoms with Crippen LogP contribution in [0, 0.1) is 19.8 Å². The van der Waals surface area contributed by atoms with Crippen LogP contribution < -0.4 is 9.64 Å². The topological polar surface area (TPSA) is 49.8 Å². The zero-order chi connectivity index (χ0) is 21.2. The highest BCUT2D eigenvalue weighted by molar-refractivity contribution is 5.69. The highest BCUT2D eigenvalue weighted by atomic mass is 19.4. The third-order valence-corrected chi connectivity index (χ3v) is 5.48. The molecule has 0 aliphatic carbocycles. The molecular formula is C22H24F3NO3. The molecule has 1 heterocycles. The van der Waals surface area contributed by atoms with Crippen LogP contribution in [0.3, 0.4) is 0 Å². The number of carbonyl (C=O) groups is 1. The molecule has 0 spiro atoms. The van der Waals surface area contributed by atoms with Crippen LogP contribution in [0.5, 0.6) is 5.75 Å². The summed E-state index contributed by atoms with van der Waals surface area (Å²) in [6.07, 6.45) is -4.86. The van der Waals surface area contributed by atoms with Crippen molar-refractivity contribution in [2.45, 2.75) is 45.5 Å². The maximum atomic E-state index is 13.2. The van der Waals surface area contributed by atoms with Gasteiger partial charge in [-0.2, -0.15) is 13.2 Å². The summed E-state index contributed by atoms with van der Waals surface area (Å²) < 4.78 is 45.3. The quantitative estimate of drug-likeness (QED) is 0.723. The number of alkyl halides is 3. The highest BCUT2D eigenvalue weighted by Gasteiger charge is 2.47. The summed E-state index contributed by atoms with van der Waals surface area (Å²) in [5.74, 6) is -2.01. The summed E-state index contributed by atoms with van der Waals surface area (Å²) in [6.45, 7) is 4.20. The molecule has 0 bridgehead atoms. The zero-order valence-electron chi connectivity index (χ0n) is 16.4. The van der Waals surface area contributed by atoms with E-state index in [4.69, 9.17) is 9.84 Å². The number of hydrogen-bond donors (Lipinski definition) is 1. The Morgan fingerprint density at radius 3 is 2.31 bits per heavy atom. The number of aryl methyl sites for hydroxylation is 2. The molecule has 1 aliphatic heterocycles. The normalized spacial score (nSPS) is 19.4. The van der Waals surface area contributed by atoms with Gasteiger partial charge >= 0.3 is 12.1 Å². The van der Waals surface area contributed by atoms with Gasteiger partial charge in [-0.15, -0.1) is 0 Å². The molecule has 29 heavy (non-hydrogen) atoms. The molecule has 0 saturated carbocycles. The van der Waals surface area contributed by atoms with Crippen molar-refractivity contribution in [3.05, 3.63) is 59.2 Å². The van der Waals surface area contributed by atoms with Crippen molar-refractivity contribution in [2.75, 3.05) is 11.4 Å². The third-order valence-electron chi connectivity index (χ3n) is 5.48. The first-order valence-corrected chi connectivity index (χ1v) is 9.48. The summed E-state index contributed by atoms with van der Waals surface area (Å²) in [4.78, 5) is 12.6. The molecule has 2 aromatic carbocycles. The monoisotopic (exact) mass is 407 g/mol. The fourth-order valence-electron chi connectivity index (χ4n) is 3.83. The van der Waals surface area contributed by atoms with Gasteiger partial charge in [0.2, 0.25) is 0 Å². The van der Waals surface area contributed by atoms with Crippen LogP contribution in [0.2, 0.25) is 0 Å². The van der Waals surface area contributed by atoms with Gasteiger partial charge in [0, 0.05) is 18.3 Å². The predicted molar refractivity (Wildman–Crippen MR) is 104 cm³/mol. The smallest absolute Gasteiger partial charge is 0.393 e. The Hall–Kier alpha value is -2.70. The van der Waals surface area contributed by atoms with E-state index in [1.807, 2.05) is 32.0 Å². The number of carboxylic acid groups (broad SMARTS) is 1. The van der Waals surface area contributed by atoms with Gasteiger partial charge in [-0.25, -0.2) is 0 Å². The molecule has 1 N–H and O–H groups in total. The van der Waals surface area contributed by atoms with Crippen LogP contribution in [-0.2, 0) is 11.4 Å². The maximum Gasteiger partial charge on any atom is 0.393 e. The summed E-state index contributed by atoms with van der Waals surface area (Å²) in [5, 5.41) is 9.07. The van der Waals surface area contributed by atoms with Gasteiger partial charge in [-0.1, -0.05) is 18.2 Å². The molecule has 156 valence electrons. The molecule has 1 aliphatic rings. The van der Waals surface area contributed by atoms with Gasteiger partial charge in [0.05, 0.1) is 12.3 Å². The second kappa shape index (κ2) is 8.35. The van der Waals surface area contributed by atoms with E-state index >= 15 is 0 Å². The van der Waals surface area contributed by atoms with E-state index in [0.29, 0.717) is 18.0 Å². The summed E-state index contributed by atoms with van der Waals surface area (Å²) in [5.41, 5.74) is 3.94. The fraction of sp³-hybridized carbons (Fsp3) is 0.409. The first kappa shape index (κ1) is 21.0. The van der Waals surface area contributed by atoms with E-state index in [2.05, 4.69) is 0 Å². The van der Waals surface area contributed by atoms with E-state index in [1.165, 1.54) is 0 Å². The first-order valence-electron chi connectivity index (χ1n) is 9.48.